The number of carbonyl (C=O) groups is 1. The van der Waals surface area contributed by atoms with E-state index < -0.39 is 5.97 Å². The zero-order valence-electron chi connectivity index (χ0n) is 15.2. The summed E-state index contributed by atoms with van der Waals surface area (Å²) in [5.74, 6) is 1.31. The molecule has 140 valence electrons. The van der Waals surface area contributed by atoms with E-state index in [1.165, 1.54) is 21.3 Å². The predicted molar refractivity (Wildman–Crippen MR) is 97.2 cm³/mol. The number of nitrogens with zero attached hydrogens (tertiary/aromatic N) is 1. The van der Waals surface area contributed by atoms with Crippen molar-refractivity contribution in [3.63, 3.8) is 0 Å². The molecular weight excluding hydrogens is 350 g/mol. The Morgan fingerprint density at radius 2 is 1.70 bits per heavy atom. The van der Waals surface area contributed by atoms with Crippen molar-refractivity contribution in [2.45, 2.75) is 6.61 Å². The number of hydrogen-bond acceptors (Lipinski definition) is 7. The zero-order valence-corrected chi connectivity index (χ0v) is 15.2. The van der Waals surface area contributed by atoms with E-state index in [0.29, 0.717) is 23.1 Å². The molecule has 1 aromatic heterocycles. The van der Waals surface area contributed by atoms with Crippen molar-refractivity contribution in [1.29, 1.82) is 0 Å². The third kappa shape index (κ3) is 3.87. The van der Waals surface area contributed by atoms with Crippen LogP contribution in [0.4, 0.5) is 0 Å². The molecule has 0 aliphatic rings. The number of carbonyl (C=O) groups excluding carboxylic acids is 1. The van der Waals surface area contributed by atoms with Gasteiger partial charge in [0.15, 0.2) is 23.9 Å². The van der Waals surface area contributed by atoms with Gasteiger partial charge in [-0.1, -0.05) is 30.3 Å². The van der Waals surface area contributed by atoms with Gasteiger partial charge in [0.1, 0.15) is 5.56 Å². The van der Waals surface area contributed by atoms with Crippen LogP contribution < -0.4 is 14.2 Å². The monoisotopic (exact) mass is 369 g/mol. The molecule has 0 N–H and O–H groups in total. The molecule has 2 aromatic carbocycles. The van der Waals surface area contributed by atoms with Crippen molar-refractivity contribution in [2.24, 2.45) is 0 Å². The molecule has 0 bridgehead atoms. The number of esters is 1. The first-order valence-corrected chi connectivity index (χ1v) is 8.14. The maximum atomic E-state index is 12.5. The van der Waals surface area contributed by atoms with Crippen LogP contribution in [0.15, 0.2) is 53.1 Å². The Bertz CT molecular complexity index is 919. The summed E-state index contributed by atoms with van der Waals surface area (Å²) >= 11 is 0. The van der Waals surface area contributed by atoms with Crippen LogP contribution in [-0.4, -0.2) is 32.3 Å². The molecule has 7 nitrogen and oxygen atoms in total. The Balaban J connectivity index is 1.74. The van der Waals surface area contributed by atoms with E-state index in [2.05, 4.69) is 4.98 Å². The highest BCUT2D eigenvalue weighted by atomic mass is 16.5. The second kappa shape index (κ2) is 8.27. The first kappa shape index (κ1) is 18.3. The van der Waals surface area contributed by atoms with Crippen molar-refractivity contribution in [3.8, 4) is 28.6 Å². The van der Waals surface area contributed by atoms with Crippen LogP contribution in [0.1, 0.15) is 16.2 Å². The minimum atomic E-state index is -0.590. The highest BCUT2D eigenvalue weighted by Crippen LogP contribution is 2.40. The minimum absolute atomic E-state index is 0.108. The SMILES string of the molecule is COc1ccc(C(=O)OCc2ncc(-c3ccccc3)o2)c(OC)c1OC. The summed E-state index contributed by atoms with van der Waals surface area (Å²) in [5.41, 5.74) is 1.11. The van der Waals surface area contributed by atoms with Gasteiger partial charge in [-0.2, -0.15) is 0 Å². The van der Waals surface area contributed by atoms with Crippen LogP contribution in [0.5, 0.6) is 17.2 Å². The highest BCUT2D eigenvalue weighted by molar-refractivity contribution is 5.94. The Kier molecular flexibility index (Phi) is 5.61. The molecule has 3 rings (SSSR count). The summed E-state index contributed by atoms with van der Waals surface area (Å²) in [5, 5.41) is 0. The normalized spacial score (nSPS) is 10.3. The van der Waals surface area contributed by atoms with Crippen LogP contribution >= 0.6 is 0 Å². The van der Waals surface area contributed by atoms with E-state index >= 15 is 0 Å². The van der Waals surface area contributed by atoms with Gasteiger partial charge in [-0.25, -0.2) is 9.78 Å². The number of methoxy groups -OCH3 is 3. The number of ether oxygens (including phenoxy) is 4. The van der Waals surface area contributed by atoms with Gasteiger partial charge in [-0.15, -0.1) is 0 Å². The zero-order chi connectivity index (χ0) is 19.2. The van der Waals surface area contributed by atoms with Gasteiger partial charge >= 0.3 is 5.97 Å². The molecule has 0 aliphatic carbocycles. The largest absolute Gasteiger partial charge is 0.493 e. The molecule has 0 aliphatic heterocycles. The summed E-state index contributed by atoms with van der Waals surface area (Å²) in [7, 11) is 4.41. The molecule has 0 unspecified atom stereocenters. The van der Waals surface area contributed by atoms with Gasteiger partial charge < -0.3 is 23.4 Å². The molecule has 27 heavy (non-hydrogen) atoms. The fourth-order valence-corrected chi connectivity index (χ4v) is 2.58. The van der Waals surface area contributed by atoms with E-state index in [1.54, 1.807) is 18.3 Å². The maximum absolute atomic E-state index is 12.5. The fraction of sp³-hybridized carbons (Fsp3) is 0.200. The van der Waals surface area contributed by atoms with Crippen LogP contribution in [0.3, 0.4) is 0 Å². The molecule has 0 atom stereocenters. The number of benzene rings is 2. The lowest BCUT2D eigenvalue weighted by atomic mass is 10.1. The third-order valence-electron chi connectivity index (χ3n) is 3.86. The molecule has 0 amide bonds. The quantitative estimate of drug-likeness (QED) is 0.587. The number of hydrogen-bond donors (Lipinski definition) is 0. The summed E-state index contributed by atoms with van der Waals surface area (Å²) in [6.07, 6.45) is 1.59. The first-order valence-electron chi connectivity index (χ1n) is 8.14. The number of rotatable bonds is 7. The predicted octanol–water partition coefficient (Wildman–Crippen LogP) is 3.72. The molecule has 0 spiro atoms. The second-order valence-electron chi connectivity index (χ2n) is 5.44. The topological polar surface area (TPSA) is 80.0 Å². The van der Waals surface area contributed by atoms with E-state index in [1.807, 2.05) is 30.3 Å². The lowest BCUT2D eigenvalue weighted by Crippen LogP contribution is -2.08. The third-order valence-corrected chi connectivity index (χ3v) is 3.86. The van der Waals surface area contributed by atoms with Crippen LogP contribution in [0, 0.1) is 0 Å². The van der Waals surface area contributed by atoms with E-state index in [4.69, 9.17) is 23.4 Å². The maximum Gasteiger partial charge on any atom is 0.342 e. The average molecular weight is 369 g/mol. The molecule has 0 saturated heterocycles. The van der Waals surface area contributed by atoms with Crippen LogP contribution in [0.2, 0.25) is 0 Å². The number of aromatic nitrogens is 1. The fourth-order valence-electron chi connectivity index (χ4n) is 2.58. The Morgan fingerprint density at radius 3 is 2.37 bits per heavy atom. The lowest BCUT2D eigenvalue weighted by Gasteiger charge is -2.14. The van der Waals surface area contributed by atoms with Gasteiger partial charge in [-0.3, -0.25) is 0 Å². The van der Waals surface area contributed by atoms with E-state index in [0.717, 1.165) is 5.56 Å². The summed E-state index contributed by atoms with van der Waals surface area (Å²) in [4.78, 5) is 16.6. The summed E-state index contributed by atoms with van der Waals surface area (Å²) < 4.78 is 26.7. The smallest absolute Gasteiger partial charge is 0.342 e. The van der Waals surface area contributed by atoms with Gasteiger partial charge in [0.05, 0.1) is 27.5 Å². The minimum Gasteiger partial charge on any atom is -0.493 e. The molecule has 7 heteroatoms. The summed E-state index contributed by atoms with van der Waals surface area (Å²) in [6.45, 7) is -0.108. The molecule has 0 saturated carbocycles. The Labute approximate surface area is 156 Å². The summed E-state index contributed by atoms with van der Waals surface area (Å²) in [6, 6.07) is 12.7. The van der Waals surface area contributed by atoms with Crippen molar-refractivity contribution in [1.82, 2.24) is 4.98 Å². The van der Waals surface area contributed by atoms with Gasteiger partial charge in [0.25, 0.3) is 0 Å². The number of oxazole rings is 1. The molecule has 1 heterocycles. The average Bonchev–Trinajstić information content (AvgIpc) is 3.20. The highest BCUT2D eigenvalue weighted by Gasteiger charge is 2.22. The van der Waals surface area contributed by atoms with Crippen molar-refractivity contribution >= 4 is 5.97 Å². The standard InChI is InChI=1S/C20H19NO6/c1-23-15-10-9-14(18(24-2)19(15)25-3)20(22)26-12-17-21-11-16(27-17)13-7-5-4-6-8-13/h4-11H,12H2,1-3H3. The van der Waals surface area contributed by atoms with Crippen molar-refractivity contribution in [3.05, 3.63) is 60.1 Å². The van der Waals surface area contributed by atoms with Gasteiger partial charge in [0.2, 0.25) is 11.6 Å². The molecule has 3 aromatic rings. The molecule has 0 fully saturated rings. The Morgan fingerprint density at radius 1 is 0.963 bits per heavy atom. The van der Waals surface area contributed by atoms with Gasteiger partial charge in [-0.05, 0) is 12.1 Å². The van der Waals surface area contributed by atoms with Crippen LogP contribution in [0.25, 0.3) is 11.3 Å². The first-order chi connectivity index (χ1) is 13.2. The molecular formula is C20H19NO6. The lowest BCUT2D eigenvalue weighted by molar-refractivity contribution is 0.0434. The van der Waals surface area contributed by atoms with Crippen molar-refractivity contribution in [2.75, 3.05) is 21.3 Å². The molecule has 0 radical (unpaired) electrons. The van der Waals surface area contributed by atoms with Crippen LogP contribution in [-0.2, 0) is 11.3 Å². The van der Waals surface area contributed by atoms with Crippen molar-refractivity contribution < 1.29 is 28.2 Å². The van der Waals surface area contributed by atoms with E-state index in [-0.39, 0.29) is 17.9 Å². The van der Waals surface area contributed by atoms with E-state index in [9.17, 15) is 4.79 Å². The Hall–Kier alpha value is -3.48. The second-order valence-corrected chi connectivity index (χ2v) is 5.44. The van der Waals surface area contributed by atoms with Gasteiger partial charge in [0, 0.05) is 5.56 Å².